The largest absolute Gasteiger partial charge is 0.336 e. The fraction of sp³-hybridized carbons (Fsp3) is 0.250. The summed E-state index contributed by atoms with van der Waals surface area (Å²) < 4.78 is 0. The summed E-state index contributed by atoms with van der Waals surface area (Å²) in [5.74, 6) is 1.84. The third kappa shape index (κ3) is 2.99. The number of amides is 1. The first-order chi connectivity index (χ1) is 8.28. The molecule has 18 heavy (non-hydrogen) atoms. The van der Waals surface area contributed by atoms with Gasteiger partial charge in [-0.1, -0.05) is 23.6 Å². The van der Waals surface area contributed by atoms with Crippen LogP contribution in [0, 0.1) is 22.5 Å². The Morgan fingerprint density at radius 2 is 2.17 bits per heavy atom. The Bertz CT molecular complexity index is 547. The van der Waals surface area contributed by atoms with Gasteiger partial charge in [-0.05, 0) is 19.9 Å². The predicted octanol–water partition coefficient (Wildman–Crippen LogP) is 2.39. The lowest BCUT2D eigenvalue weighted by atomic mass is 10.1. The minimum atomic E-state index is -0.856. The number of hydrogen-bond acceptors (Lipinski definition) is 3. The lowest BCUT2D eigenvalue weighted by Gasteiger charge is -2.19. The summed E-state index contributed by atoms with van der Waals surface area (Å²) in [5, 5.41) is 13.0. The van der Waals surface area contributed by atoms with Gasteiger partial charge < -0.3 is 5.32 Å². The molecule has 1 N–H and O–H groups in total. The van der Waals surface area contributed by atoms with Crippen molar-refractivity contribution in [3.8, 4) is 12.3 Å². The molecule has 0 aliphatic carbocycles. The van der Waals surface area contributed by atoms with E-state index in [1.54, 1.807) is 13.8 Å². The van der Waals surface area contributed by atoms with Crippen molar-refractivity contribution in [1.29, 1.82) is 0 Å². The van der Waals surface area contributed by atoms with Crippen molar-refractivity contribution >= 4 is 23.2 Å². The van der Waals surface area contributed by atoms with Crippen molar-refractivity contribution in [3.63, 3.8) is 0 Å². The molecule has 1 aromatic rings. The van der Waals surface area contributed by atoms with Crippen LogP contribution in [0.3, 0.4) is 0 Å². The summed E-state index contributed by atoms with van der Waals surface area (Å²) >= 11 is 5.82. The maximum absolute atomic E-state index is 11.9. The maximum atomic E-state index is 11.9. The Labute approximate surface area is 109 Å². The molecule has 0 saturated carbocycles. The Morgan fingerprint density at radius 1 is 1.56 bits per heavy atom. The summed E-state index contributed by atoms with van der Waals surface area (Å²) in [6.45, 7) is 3.27. The van der Waals surface area contributed by atoms with Crippen LogP contribution in [0.25, 0.3) is 0 Å². The Kier molecular flexibility index (Phi) is 3.94. The van der Waals surface area contributed by atoms with E-state index in [0.717, 1.165) is 0 Å². The molecule has 0 bridgehead atoms. The topological polar surface area (TPSA) is 72.2 Å². The van der Waals surface area contributed by atoms with Crippen molar-refractivity contribution in [2.24, 2.45) is 0 Å². The molecule has 0 aliphatic heterocycles. The summed E-state index contributed by atoms with van der Waals surface area (Å²) in [5.41, 5.74) is -1.15. The molecular weight excluding hydrogens is 256 g/mol. The number of carbonyl (C=O) groups excluding carboxylic acids is 1. The number of nitro benzene ring substituents is 1. The third-order valence-electron chi connectivity index (χ3n) is 2.21. The van der Waals surface area contributed by atoms with E-state index in [1.807, 2.05) is 0 Å². The highest BCUT2D eigenvalue weighted by atomic mass is 35.5. The van der Waals surface area contributed by atoms with E-state index in [9.17, 15) is 14.9 Å². The van der Waals surface area contributed by atoms with Crippen LogP contribution < -0.4 is 5.32 Å². The first kappa shape index (κ1) is 14.0. The monoisotopic (exact) mass is 266 g/mol. The molecule has 1 aromatic carbocycles. The molecule has 0 fully saturated rings. The van der Waals surface area contributed by atoms with E-state index < -0.39 is 16.4 Å². The van der Waals surface area contributed by atoms with Crippen LogP contribution in [0.15, 0.2) is 18.2 Å². The van der Waals surface area contributed by atoms with E-state index >= 15 is 0 Å². The fourth-order valence-corrected chi connectivity index (χ4v) is 1.50. The number of halogens is 1. The van der Waals surface area contributed by atoms with Crippen molar-refractivity contribution in [1.82, 2.24) is 5.32 Å². The second-order valence-corrected chi connectivity index (χ2v) is 4.50. The molecule has 1 amide bonds. The Hall–Kier alpha value is -2.06. The Balaban J connectivity index is 3.13. The zero-order valence-electron chi connectivity index (χ0n) is 9.86. The zero-order chi connectivity index (χ0) is 13.9. The average Bonchev–Trinajstić information content (AvgIpc) is 2.28. The second-order valence-electron chi connectivity index (χ2n) is 4.12. The highest BCUT2D eigenvalue weighted by Gasteiger charge is 2.23. The van der Waals surface area contributed by atoms with Crippen LogP contribution >= 0.6 is 11.6 Å². The predicted molar refractivity (Wildman–Crippen MR) is 68.5 cm³/mol. The number of rotatable bonds is 3. The van der Waals surface area contributed by atoms with Gasteiger partial charge in [0.2, 0.25) is 0 Å². The second kappa shape index (κ2) is 5.07. The van der Waals surface area contributed by atoms with E-state index in [-0.39, 0.29) is 16.3 Å². The van der Waals surface area contributed by atoms with Crippen molar-refractivity contribution < 1.29 is 9.72 Å². The van der Waals surface area contributed by atoms with Crippen LogP contribution in [0.2, 0.25) is 5.02 Å². The number of nitrogens with one attached hydrogen (secondary N) is 1. The van der Waals surface area contributed by atoms with E-state index in [4.69, 9.17) is 18.0 Å². The lowest BCUT2D eigenvalue weighted by molar-refractivity contribution is -0.384. The minimum Gasteiger partial charge on any atom is -0.336 e. The number of carbonyl (C=O) groups is 1. The normalized spacial score (nSPS) is 10.6. The lowest BCUT2D eigenvalue weighted by Crippen LogP contribution is -2.42. The molecule has 94 valence electrons. The number of hydrogen-bond donors (Lipinski definition) is 1. The zero-order valence-corrected chi connectivity index (χ0v) is 10.6. The number of benzene rings is 1. The molecule has 6 heteroatoms. The molecule has 0 aliphatic rings. The average molecular weight is 267 g/mol. The number of terminal acetylenes is 1. The van der Waals surface area contributed by atoms with Gasteiger partial charge in [0.05, 0.1) is 16.0 Å². The fourth-order valence-electron chi connectivity index (χ4n) is 1.22. The van der Waals surface area contributed by atoms with Gasteiger partial charge in [0, 0.05) is 6.07 Å². The van der Waals surface area contributed by atoms with Crippen LogP contribution in [0.1, 0.15) is 24.2 Å². The van der Waals surface area contributed by atoms with Crippen LogP contribution in [0.4, 0.5) is 5.69 Å². The number of nitrogens with zero attached hydrogens (tertiary/aromatic N) is 1. The quantitative estimate of drug-likeness (QED) is 0.519. The standard InChI is InChI=1S/C12H11ClN2O3/c1-4-12(2,3)14-11(16)8-6-5-7-9(10(8)13)15(17)18/h1,5-7H,2-3H3,(H,14,16). The molecule has 0 radical (unpaired) electrons. The third-order valence-corrected chi connectivity index (χ3v) is 2.60. The van der Waals surface area contributed by atoms with Crippen molar-refractivity contribution in [2.75, 3.05) is 0 Å². The highest BCUT2D eigenvalue weighted by molar-refractivity contribution is 6.35. The summed E-state index contributed by atoms with van der Waals surface area (Å²) in [7, 11) is 0. The minimum absolute atomic E-state index is 0.0224. The van der Waals surface area contributed by atoms with Gasteiger partial charge >= 0.3 is 0 Å². The van der Waals surface area contributed by atoms with E-state index in [0.29, 0.717) is 0 Å². The van der Waals surface area contributed by atoms with Gasteiger partial charge in [-0.25, -0.2) is 0 Å². The molecule has 0 unspecified atom stereocenters. The van der Waals surface area contributed by atoms with Crippen LogP contribution in [0.5, 0.6) is 0 Å². The Morgan fingerprint density at radius 3 is 2.67 bits per heavy atom. The number of nitro groups is 1. The first-order valence-electron chi connectivity index (χ1n) is 5.01. The highest BCUT2D eigenvalue weighted by Crippen LogP contribution is 2.27. The van der Waals surface area contributed by atoms with Gasteiger partial charge in [0.25, 0.3) is 11.6 Å². The van der Waals surface area contributed by atoms with Crippen LogP contribution in [-0.4, -0.2) is 16.4 Å². The first-order valence-corrected chi connectivity index (χ1v) is 5.39. The molecule has 1 rings (SSSR count). The van der Waals surface area contributed by atoms with Crippen molar-refractivity contribution in [3.05, 3.63) is 38.9 Å². The molecule has 0 atom stereocenters. The maximum Gasteiger partial charge on any atom is 0.288 e. The smallest absolute Gasteiger partial charge is 0.288 e. The summed E-state index contributed by atoms with van der Waals surface area (Å²) in [6, 6.07) is 4.02. The van der Waals surface area contributed by atoms with Gasteiger partial charge in [-0.3, -0.25) is 14.9 Å². The molecule has 0 saturated heterocycles. The van der Waals surface area contributed by atoms with Gasteiger partial charge in [-0.2, -0.15) is 0 Å². The molecule has 0 spiro atoms. The van der Waals surface area contributed by atoms with Gasteiger partial charge in [-0.15, -0.1) is 6.42 Å². The van der Waals surface area contributed by atoms with Crippen LogP contribution in [-0.2, 0) is 0 Å². The van der Waals surface area contributed by atoms with E-state index in [2.05, 4.69) is 11.2 Å². The van der Waals surface area contributed by atoms with Gasteiger partial charge in [0.1, 0.15) is 5.02 Å². The SMILES string of the molecule is C#CC(C)(C)NC(=O)c1cccc([N+](=O)[O-])c1Cl. The molecular formula is C12H11ClN2O3. The summed E-state index contributed by atoms with van der Waals surface area (Å²) in [6.07, 6.45) is 5.24. The molecule has 0 aromatic heterocycles. The summed E-state index contributed by atoms with van der Waals surface area (Å²) in [4.78, 5) is 21.9. The van der Waals surface area contributed by atoms with Crippen molar-refractivity contribution in [2.45, 2.75) is 19.4 Å². The van der Waals surface area contributed by atoms with Gasteiger partial charge in [0.15, 0.2) is 0 Å². The molecule has 0 heterocycles. The van der Waals surface area contributed by atoms with E-state index in [1.165, 1.54) is 18.2 Å². The molecule has 5 nitrogen and oxygen atoms in total.